The van der Waals surface area contributed by atoms with Gasteiger partial charge in [0.1, 0.15) is 0 Å². The molecule has 1 amide bonds. The highest BCUT2D eigenvalue weighted by atomic mass is 35.5. The molecule has 2 heterocycles. The molecule has 0 saturated carbocycles. The second-order valence-electron chi connectivity index (χ2n) is 4.30. The van der Waals surface area contributed by atoms with E-state index in [1.54, 1.807) is 0 Å². The third kappa shape index (κ3) is 3.91. The molecule has 0 radical (unpaired) electrons. The van der Waals surface area contributed by atoms with Crippen molar-refractivity contribution >= 4 is 34.4 Å². The van der Waals surface area contributed by atoms with E-state index in [1.807, 2.05) is 0 Å². The Kier molecular flexibility index (Phi) is 4.82. The molecule has 1 aliphatic rings. The van der Waals surface area contributed by atoms with E-state index < -0.39 is 16.9 Å². The number of amidine groups is 1. The monoisotopic (exact) mass is 340 g/mol. The lowest BCUT2D eigenvalue weighted by molar-refractivity contribution is -0.141. The van der Waals surface area contributed by atoms with Gasteiger partial charge < -0.3 is 5.32 Å². The standard InChI is InChI=1S/C11H12ClF3N4OS/c1-6-8(12)9(11(13,14)15)18-19(6)4-2-7(20)17-10-16-3-5-21-10/h2-5H2,1H3,(H,16,17,20). The molecular weight excluding hydrogens is 329 g/mol. The smallest absolute Gasteiger partial charge is 0.305 e. The number of nitrogens with zero attached hydrogens (tertiary/aromatic N) is 3. The van der Waals surface area contributed by atoms with E-state index in [-0.39, 0.29) is 24.6 Å². The number of carbonyl (C=O) groups is 1. The number of halogens is 4. The number of aryl methyl sites for hydroxylation is 1. The molecule has 0 saturated heterocycles. The number of aromatic nitrogens is 2. The van der Waals surface area contributed by atoms with Crippen LogP contribution in [0.5, 0.6) is 0 Å². The van der Waals surface area contributed by atoms with Crippen LogP contribution in [0.2, 0.25) is 5.02 Å². The molecule has 0 unspecified atom stereocenters. The maximum atomic E-state index is 12.7. The summed E-state index contributed by atoms with van der Waals surface area (Å²) in [6.07, 6.45) is -4.61. The topological polar surface area (TPSA) is 59.3 Å². The fourth-order valence-corrected chi connectivity index (χ4v) is 2.71. The molecule has 5 nitrogen and oxygen atoms in total. The summed E-state index contributed by atoms with van der Waals surface area (Å²) in [5, 5.41) is 6.14. The molecule has 1 N–H and O–H groups in total. The van der Waals surface area contributed by atoms with Crippen LogP contribution in [0, 0.1) is 6.92 Å². The SMILES string of the molecule is Cc1c(Cl)c(C(F)(F)F)nn1CCC(=O)NC1=NCCS1. The van der Waals surface area contributed by atoms with E-state index >= 15 is 0 Å². The van der Waals surface area contributed by atoms with Crippen molar-refractivity contribution in [1.82, 2.24) is 15.1 Å². The van der Waals surface area contributed by atoms with Crippen molar-refractivity contribution in [3.8, 4) is 0 Å². The molecule has 21 heavy (non-hydrogen) atoms. The van der Waals surface area contributed by atoms with Gasteiger partial charge in [-0.2, -0.15) is 18.3 Å². The molecule has 0 aromatic carbocycles. The van der Waals surface area contributed by atoms with Crippen LogP contribution < -0.4 is 5.32 Å². The summed E-state index contributed by atoms with van der Waals surface area (Å²) in [5.41, 5.74) is -0.942. The van der Waals surface area contributed by atoms with E-state index in [2.05, 4.69) is 15.4 Å². The Balaban J connectivity index is 1.98. The van der Waals surface area contributed by atoms with Gasteiger partial charge in [-0.05, 0) is 6.92 Å². The number of hydrogen-bond donors (Lipinski definition) is 1. The highest BCUT2D eigenvalue weighted by molar-refractivity contribution is 8.14. The summed E-state index contributed by atoms with van der Waals surface area (Å²) in [6.45, 7) is 2.11. The Hall–Kier alpha value is -1.22. The number of rotatable bonds is 3. The molecule has 2 rings (SSSR count). The number of carbonyl (C=O) groups excluding carboxylic acids is 1. The van der Waals surface area contributed by atoms with Crippen molar-refractivity contribution in [3.63, 3.8) is 0 Å². The molecular formula is C11H12ClF3N4OS. The largest absolute Gasteiger partial charge is 0.436 e. The van der Waals surface area contributed by atoms with Crippen LogP contribution in [0.15, 0.2) is 4.99 Å². The number of hydrogen-bond acceptors (Lipinski definition) is 4. The van der Waals surface area contributed by atoms with Crippen LogP contribution in [0.25, 0.3) is 0 Å². The van der Waals surface area contributed by atoms with Crippen molar-refractivity contribution in [2.24, 2.45) is 4.99 Å². The molecule has 10 heteroatoms. The van der Waals surface area contributed by atoms with Crippen LogP contribution >= 0.6 is 23.4 Å². The van der Waals surface area contributed by atoms with E-state index in [9.17, 15) is 18.0 Å². The van der Waals surface area contributed by atoms with Gasteiger partial charge in [0.15, 0.2) is 10.9 Å². The van der Waals surface area contributed by atoms with Crippen LogP contribution in [0.4, 0.5) is 13.2 Å². The normalized spacial score (nSPS) is 15.2. The average molecular weight is 341 g/mol. The lowest BCUT2D eigenvalue weighted by Gasteiger charge is -2.05. The Labute approximate surface area is 127 Å². The first-order valence-electron chi connectivity index (χ1n) is 6.06. The van der Waals surface area contributed by atoms with Gasteiger partial charge in [0.25, 0.3) is 0 Å². The van der Waals surface area contributed by atoms with Gasteiger partial charge in [-0.1, -0.05) is 23.4 Å². The summed E-state index contributed by atoms with van der Waals surface area (Å²) in [7, 11) is 0. The summed E-state index contributed by atoms with van der Waals surface area (Å²) < 4.78 is 39.1. The number of alkyl halides is 3. The predicted octanol–water partition coefficient (Wildman–Crippen LogP) is 2.47. The van der Waals surface area contributed by atoms with Crippen molar-refractivity contribution in [3.05, 3.63) is 16.4 Å². The van der Waals surface area contributed by atoms with E-state index in [4.69, 9.17) is 11.6 Å². The molecule has 0 aliphatic carbocycles. The molecule has 1 aliphatic heterocycles. The molecule has 1 aromatic rings. The molecule has 1 aromatic heterocycles. The fourth-order valence-electron chi connectivity index (χ4n) is 1.72. The minimum atomic E-state index is -4.61. The fraction of sp³-hybridized carbons (Fsp3) is 0.545. The number of thioether (sulfide) groups is 1. The van der Waals surface area contributed by atoms with Crippen molar-refractivity contribution < 1.29 is 18.0 Å². The number of aliphatic imine (C=N–C) groups is 1. The summed E-state index contributed by atoms with van der Waals surface area (Å²) in [4.78, 5) is 15.7. The third-order valence-electron chi connectivity index (χ3n) is 2.78. The molecule has 0 atom stereocenters. The van der Waals surface area contributed by atoms with Gasteiger partial charge in [0.2, 0.25) is 5.91 Å². The molecule has 0 spiro atoms. The van der Waals surface area contributed by atoms with Gasteiger partial charge in [-0.25, -0.2) is 0 Å². The quantitative estimate of drug-likeness (QED) is 0.919. The Bertz CT molecular complexity index is 585. The minimum absolute atomic E-state index is 0.00424. The lowest BCUT2D eigenvalue weighted by Crippen LogP contribution is -2.28. The van der Waals surface area contributed by atoms with Gasteiger partial charge >= 0.3 is 6.18 Å². The van der Waals surface area contributed by atoms with Crippen molar-refractivity contribution in [2.45, 2.75) is 26.1 Å². The highest BCUT2D eigenvalue weighted by Crippen LogP contribution is 2.35. The Morgan fingerprint density at radius 2 is 2.24 bits per heavy atom. The minimum Gasteiger partial charge on any atom is -0.305 e. The third-order valence-corrected chi connectivity index (χ3v) is 4.13. The van der Waals surface area contributed by atoms with Gasteiger partial charge in [-0.15, -0.1) is 0 Å². The van der Waals surface area contributed by atoms with E-state index in [1.165, 1.54) is 18.7 Å². The van der Waals surface area contributed by atoms with Crippen molar-refractivity contribution in [2.75, 3.05) is 12.3 Å². The van der Waals surface area contributed by atoms with Crippen molar-refractivity contribution in [1.29, 1.82) is 0 Å². The average Bonchev–Trinajstić information content (AvgIpc) is 2.97. The van der Waals surface area contributed by atoms with Crippen LogP contribution in [0.1, 0.15) is 17.8 Å². The maximum Gasteiger partial charge on any atom is 0.436 e. The Morgan fingerprint density at radius 1 is 1.52 bits per heavy atom. The molecule has 116 valence electrons. The zero-order valence-electron chi connectivity index (χ0n) is 11.0. The maximum absolute atomic E-state index is 12.7. The lowest BCUT2D eigenvalue weighted by atomic mass is 10.3. The van der Waals surface area contributed by atoms with Gasteiger partial charge in [0, 0.05) is 12.2 Å². The zero-order valence-corrected chi connectivity index (χ0v) is 12.6. The number of amides is 1. The van der Waals surface area contributed by atoms with Gasteiger partial charge in [0.05, 0.1) is 23.8 Å². The summed E-state index contributed by atoms with van der Waals surface area (Å²) >= 11 is 7.06. The summed E-state index contributed by atoms with van der Waals surface area (Å²) in [6, 6.07) is 0. The second kappa shape index (κ2) is 6.27. The summed E-state index contributed by atoms with van der Waals surface area (Å²) in [5.74, 6) is 0.501. The predicted molar refractivity (Wildman–Crippen MR) is 74.5 cm³/mol. The first kappa shape index (κ1) is 16.2. The van der Waals surface area contributed by atoms with Crippen LogP contribution in [0.3, 0.4) is 0 Å². The van der Waals surface area contributed by atoms with Gasteiger partial charge in [-0.3, -0.25) is 14.5 Å². The van der Waals surface area contributed by atoms with E-state index in [0.29, 0.717) is 11.7 Å². The molecule has 0 fully saturated rings. The zero-order chi connectivity index (χ0) is 15.6. The Morgan fingerprint density at radius 3 is 2.76 bits per heavy atom. The van der Waals surface area contributed by atoms with Crippen LogP contribution in [-0.2, 0) is 17.5 Å². The van der Waals surface area contributed by atoms with Crippen LogP contribution in [-0.4, -0.2) is 33.2 Å². The van der Waals surface area contributed by atoms with E-state index in [0.717, 1.165) is 10.4 Å². The number of nitrogens with one attached hydrogen (secondary N) is 1. The second-order valence-corrected chi connectivity index (χ2v) is 5.76. The molecule has 0 bridgehead atoms. The first-order chi connectivity index (χ1) is 9.79. The first-order valence-corrected chi connectivity index (χ1v) is 7.42. The highest BCUT2D eigenvalue weighted by Gasteiger charge is 2.38.